The monoisotopic (exact) mass is 311 g/mol. The fourth-order valence-corrected chi connectivity index (χ4v) is 3.28. The molecule has 106 valence electrons. The molecule has 20 heavy (non-hydrogen) atoms. The van der Waals surface area contributed by atoms with E-state index in [-0.39, 0.29) is 9.79 Å². The summed E-state index contributed by atoms with van der Waals surface area (Å²) in [5, 5.41) is 0. The van der Waals surface area contributed by atoms with Gasteiger partial charge in [-0.05, 0) is 36.4 Å². The van der Waals surface area contributed by atoms with Crippen molar-refractivity contribution in [2.45, 2.75) is 9.79 Å². The van der Waals surface area contributed by atoms with E-state index in [2.05, 4.69) is 4.72 Å². The summed E-state index contributed by atoms with van der Waals surface area (Å²) in [5.74, 6) is 0. The summed E-state index contributed by atoms with van der Waals surface area (Å²) >= 11 is 0. The summed E-state index contributed by atoms with van der Waals surface area (Å²) in [6.45, 7) is 0. The van der Waals surface area contributed by atoms with Gasteiger partial charge in [-0.25, -0.2) is 16.8 Å². The highest BCUT2D eigenvalue weighted by Gasteiger charge is 2.15. The molecule has 0 bridgehead atoms. The molecule has 0 radical (unpaired) electrons. The molecule has 0 heterocycles. The molecule has 0 saturated heterocycles. The Hall–Kier alpha value is -1.86. The Morgan fingerprint density at radius 2 is 1.25 bits per heavy atom. The molecule has 0 saturated carbocycles. The molecule has 0 aromatic heterocycles. The van der Waals surface area contributed by atoms with Crippen LogP contribution in [-0.2, 0) is 19.9 Å². The van der Waals surface area contributed by atoms with E-state index in [1.807, 2.05) is 0 Å². The minimum absolute atomic E-state index is 0.00810. The van der Waals surface area contributed by atoms with Gasteiger partial charge in [0.05, 0.1) is 9.79 Å². The van der Waals surface area contributed by atoms with Gasteiger partial charge in [-0.1, -0.05) is 18.2 Å². The first-order valence-corrected chi connectivity index (χ1v) is 9.04. The van der Waals surface area contributed by atoms with Crippen LogP contribution in [-0.4, -0.2) is 23.1 Å². The van der Waals surface area contributed by atoms with Crippen LogP contribution in [0.15, 0.2) is 64.4 Å². The molecule has 0 aliphatic heterocycles. The Morgan fingerprint density at radius 1 is 0.750 bits per heavy atom. The predicted molar refractivity (Wildman–Crippen MR) is 76.8 cm³/mol. The molecule has 2 rings (SSSR count). The average Bonchev–Trinajstić information content (AvgIpc) is 2.38. The molecular formula is C13H13NO4S2. The third-order valence-corrected chi connectivity index (χ3v) is 5.11. The zero-order chi connectivity index (χ0) is 14.8. The van der Waals surface area contributed by atoms with E-state index in [9.17, 15) is 16.8 Å². The van der Waals surface area contributed by atoms with E-state index < -0.39 is 19.9 Å². The van der Waals surface area contributed by atoms with E-state index in [1.165, 1.54) is 24.3 Å². The highest BCUT2D eigenvalue weighted by Crippen LogP contribution is 2.17. The molecule has 5 nitrogen and oxygen atoms in total. The van der Waals surface area contributed by atoms with Crippen molar-refractivity contribution in [3.8, 4) is 0 Å². The van der Waals surface area contributed by atoms with Gasteiger partial charge < -0.3 is 0 Å². The normalized spacial score (nSPS) is 12.1. The topological polar surface area (TPSA) is 80.3 Å². The van der Waals surface area contributed by atoms with Crippen molar-refractivity contribution in [3.63, 3.8) is 0 Å². The maximum atomic E-state index is 12.1. The van der Waals surface area contributed by atoms with Gasteiger partial charge in [0.2, 0.25) is 0 Å². The molecular weight excluding hydrogens is 298 g/mol. The van der Waals surface area contributed by atoms with Crippen molar-refractivity contribution in [1.82, 2.24) is 0 Å². The first kappa shape index (κ1) is 14.5. The third-order valence-electron chi connectivity index (χ3n) is 2.59. The molecule has 0 aliphatic carbocycles. The second-order valence-electron chi connectivity index (χ2n) is 4.22. The Morgan fingerprint density at radius 3 is 1.75 bits per heavy atom. The minimum Gasteiger partial charge on any atom is -0.280 e. The van der Waals surface area contributed by atoms with Gasteiger partial charge in [0.1, 0.15) is 0 Å². The number of sulfonamides is 1. The second kappa shape index (κ2) is 5.26. The fourth-order valence-electron chi connectivity index (χ4n) is 1.59. The average molecular weight is 311 g/mol. The maximum absolute atomic E-state index is 12.1. The number of para-hydroxylation sites is 1. The van der Waals surface area contributed by atoms with Crippen molar-refractivity contribution >= 4 is 25.5 Å². The van der Waals surface area contributed by atoms with Crippen LogP contribution in [0.25, 0.3) is 0 Å². The van der Waals surface area contributed by atoms with Gasteiger partial charge in [-0.3, -0.25) is 4.72 Å². The van der Waals surface area contributed by atoms with Crippen molar-refractivity contribution < 1.29 is 16.8 Å². The second-order valence-corrected chi connectivity index (χ2v) is 7.91. The van der Waals surface area contributed by atoms with Gasteiger partial charge >= 0.3 is 0 Å². The van der Waals surface area contributed by atoms with Crippen molar-refractivity contribution in [1.29, 1.82) is 0 Å². The summed E-state index contributed by atoms with van der Waals surface area (Å²) in [7, 11) is -7.06. The third kappa shape index (κ3) is 3.37. The number of nitrogens with one attached hydrogen (secondary N) is 1. The summed E-state index contributed by atoms with van der Waals surface area (Å²) in [6, 6.07) is 13.5. The van der Waals surface area contributed by atoms with E-state index in [4.69, 9.17) is 0 Å². The molecule has 7 heteroatoms. The van der Waals surface area contributed by atoms with Crippen molar-refractivity contribution in [3.05, 3.63) is 54.6 Å². The number of hydrogen-bond donors (Lipinski definition) is 1. The lowest BCUT2D eigenvalue weighted by molar-refractivity contribution is 0.597. The minimum atomic E-state index is -3.72. The SMILES string of the molecule is CS(=O)(=O)c1ccc(S(=O)(=O)Nc2ccccc2)cc1. The molecule has 2 aromatic rings. The van der Waals surface area contributed by atoms with Crippen molar-refractivity contribution in [2.75, 3.05) is 11.0 Å². The number of hydrogen-bond acceptors (Lipinski definition) is 4. The quantitative estimate of drug-likeness (QED) is 0.935. The highest BCUT2D eigenvalue weighted by molar-refractivity contribution is 7.92. The highest BCUT2D eigenvalue weighted by atomic mass is 32.2. The summed E-state index contributed by atoms with van der Waals surface area (Å²) < 4.78 is 49.3. The lowest BCUT2D eigenvalue weighted by Gasteiger charge is -2.08. The van der Waals surface area contributed by atoms with Gasteiger partial charge in [-0.15, -0.1) is 0 Å². The van der Waals surface area contributed by atoms with Crippen LogP contribution in [0.4, 0.5) is 5.69 Å². The largest absolute Gasteiger partial charge is 0.280 e. The van der Waals surface area contributed by atoms with Crippen LogP contribution in [0.1, 0.15) is 0 Å². The lowest BCUT2D eigenvalue weighted by atomic mass is 10.3. The smallest absolute Gasteiger partial charge is 0.261 e. The molecule has 0 unspecified atom stereocenters. The van der Waals surface area contributed by atoms with Crippen LogP contribution < -0.4 is 4.72 Å². The number of anilines is 1. The Balaban J connectivity index is 2.31. The first-order chi connectivity index (χ1) is 9.29. The zero-order valence-electron chi connectivity index (χ0n) is 10.6. The molecule has 1 N–H and O–H groups in total. The van der Waals surface area contributed by atoms with E-state index >= 15 is 0 Å². The molecule has 0 amide bonds. The number of sulfone groups is 1. The van der Waals surface area contributed by atoms with Gasteiger partial charge in [0.15, 0.2) is 9.84 Å². The van der Waals surface area contributed by atoms with Gasteiger partial charge in [-0.2, -0.15) is 0 Å². The van der Waals surface area contributed by atoms with Crippen LogP contribution in [0, 0.1) is 0 Å². The first-order valence-electron chi connectivity index (χ1n) is 5.67. The molecule has 0 atom stereocenters. The van der Waals surface area contributed by atoms with Crippen LogP contribution in [0.3, 0.4) is 0 Å². The lowest BCUT2D eigenvalue weighted by Crippen LogP contribution is -2.13. The van der Waals surface area contributed by atoms with Crippen LogP contribution in [0.2, 0.25) is 0 Å². The standard InChI is InChI=1S/C13H13NO4S2/c1-19(15,16)12-7-9-13(10-8-12)20(17,18)14-11-5-3-2-4-6-11/h2-10,14H,1H3. The van der Waals surface area contributed by atoms with E-state index in [0.717, 1.165) is 6.26 Å². The van der Waals surface area contributed by atoms with E-state index in [1.54, 1.807) is 30.3 Å². The molecule has 0 fully saturated rings. The van der Waals surface area contributed by atoms with Crippen molar-refractivity contribution in [2.24, 2.45) is 0 Å². The molecule has 0 aliphatic rings. The molecule has 2 aromatic carbocycles. The number of benzene rings is 2. The predicted octanol–water partition coefficient (Wildman–Crippen LogP) is 1.89. The zero-order valence-corrected chi connectivity index (χ0v) is 12.3. The maximum Gasteiger partial charge on any atom is 0.261 e. The number of rotatable bonds is 4. The van der Waals surface area contributed by atoms with Gasteiger partial charge in [0, 0.05) is 11.9 Å². The van der Waals surface area contributed by atoms with Gasteiger partial charge in [0.25, 0.3) is 10.0 Å². The Kier molecular flexibility index (Phi) is 3.82. The summed E-state index contributed by atoms with van der Waals surface area (Å²) in [6.07, 6.45) is 1.07. The Bertz CT molecular complexity index is 795. The Labute approximate surface area is 118 Å². The fraction of sp³-hybridized carbons (Fsp3) is 0.0769. The van der Waals surface area contributed by atoms with E-state index in [0.29, 0.717) is 5.69 Å². The van der Waals surface area contributed by atoms with Crippen LogP contribution in [0.5, 0.6) is 0 Å². The summed E-state index contributed by atoms with van der Waals surface area (Å²) in [5.41, 5.74) is 0.444. The van der Waals surface area contributed by atoms with Crippen LogP contribution >= 0.6 is 0 Å². The molecule has 0 spiro atoms. The summed E-state index contributed by atoms with van der Waals surface area (Å²) in [4.78, 5) is 0.0879.